The van der Waals surface area contributed by atoms with Crippen LogP contribution in [-0.4, -0.2) is 48.0 Å². The number of carbonyl (C=O) groups excluding carboxylic acids is 1. The van der Waals surface area contributed by atoms with E-state index in [0.29, 0.717) is 5.75 Å². The van der Waals surface area contributed by atoms with Crippen LogP contribution >= 0.6 is 0 Å². The molecule has 0 saturated carbocycles. The Labute approximate surface area is 156 Å². The molecule has 1 aromatic rings. The van der Waals surface area contributed by atoms with Crippen molar-refractivity contribution >= 4 is 11.9 Å². The van der Waals surface area contributed by atoms with E-state index in [2.05, 4.69) is 4.74 Å². The van der Waals surface area contributed by atoms with E-state index in [4.69, 9.17) is 9.84 Å². The summed E-state index contributed by atoms with van der Waals surface area (Å²) >= 11 is 0. The van der Waals surface area contributed by atoms with Gasteiger partial charge in [0.1, 0.15) is 19.0 Å². The van der Waals surface area contributed by atoms with Crippen molar-refractivity contribution in [3.63, 3.8) is 0 Å². The highest BCUT2D eigenvalue weighted by atomic mass is 19.3. The first-order chi connectivity index (χ1) is 12.7. The highest BCUT2D eigenvalue weighted by Gasteiger charge is 2.79. The van der Waals surface area contributed by atoms with Crippen LogP contribution in [0.15, 0.2) is 18.2 Å². The number of carboxylic acid groups (broad SMARTS) is 1. The van der Waals surface area contributed by atoms with Crippen molar-refractivity contribution in [1.82, 2.24) is 0 Å². The first-order valence-electron chi connectivity index (χ1n) is 7.93. The molecule has 0 atom stereocenters. The number of benzene rings is 1. The Morgan fingerprint density at radius 2 is 1.61 bits per heavy atom. The highest BCUT2D eigenvalue weighted by Crippen LogP contribution is 2.46. The molecular weight excluding hydrogens is 398 g/mol. The third-order valence-corrected chi connectivity index (χ3v) is 3.68. The molecule has 0 saturated heterocycles. The van der Waals surface area contributed by atoms with Crippen LogP contribution in [0.2, 0.25) is 0 Å². The van der Waals surface area contributed by atoms with E-state index in [-0.39, 0.29) is 5.92 Å². The average Bonchev–Trinajstić information content (AvgIpc) is 2.57. The van der Waals surface area contributed by atoms with Gasteiger partial charge >= 0.3 is 29.7 Å². The summed E-state index contributed by atoms with van der Waals surface area (Å²) in [6.45, 7) is 3.98. The molecule has 0 aliphatic carbocycles. The van der Waals surface area contributed by atoms with Gasteiger partial charge in [-0.25, -0.2) is 9.59 Å². The highest BCUT2D eigenvalue weighted by molar-refractivity contribution is 5.83. The Balaban J connectivity index is 2.78. The van der Waals surface area contributed by atoms with Crippen LogP contribution in [0.3, 0.4) is 0 Å². The topological polar surface area (TPSA) is 72.8 Å². The predicted molar refractivity (Wildman–Crippen MR) is 84.2 cm³/mol. The molecule has 28 heavy (non-hydrogen) atoms. The zero-order valence-electron chi connectivity index (χ0n) is 15.1. The minimum absolute atomic E-state index is 0.0272. The molecule has 0 amide bonds. The second-order valence-electron chi connectivity index (χ2n) is 6.21. The fraction of sp³-hybridized carbons (Fsp3) is 0.529. The standard InChI is InChI=1S/C17H18F6O5/c1-9(2)11-5-4-10(3)8-12(11)27-6-7-28-14(26)16(20,21)17(22,23)15(18,19)13(24)25/h4-5,8-9H,6-7H2,1-3H3,(H,24,25). The van der Waals surface area contributed by atoms with Crippen molar-refractivity contribution < 1.29 is 50.5 Å². The number of hydrogen-bond donors (Lipinski definition) is 1. The normalized spacial score (nSPS) is 12.8. The van der Waals surface area contributed by atoms with Crippen LogP contribution in [0.1, 0.15) is 30.9 Å². The summed E-state index contributed by atoms with van der Waals surface area (Å²) < 4.78 is 88.2. The van der Waals surface area contributed by atoms with Crippen LogP contribution in [0, 0.1) is 6.92 Å². The second kappa shape index (κ2) is 8.27. The van der Waals surface area contributed by atoms with Crippen molar-refractivity contribution in [2.75, 3.05) is 13.2 Å². The molecule has 5 nitrogen and oxygen atoms in total. The third kappa shape index (κ3) is 4.50. The van der Waals surface area contributed by atoms with Crippen LogP contribution < -0.4 is 4.74 Å². The Bertz CT molecular complexity index is 733. The summed E-state index contributed by atoms with van der Waals surface area (Å²) in [4.78, 5) is 21.3. The van der Waals surface area contributed by atoms with Gasteiger partial charge in [0, 0.05) is 0 Å². The van der Waals surface area contributed by atoms with Crippen molar-refractivity contribution in [3.8, 4) is 5.75 Å². The molecular formula is C17H18F6O5. The van der Waals surface area contributed by atoms with Crippen molar-refractivity contribution in [2.45, 2.75) is 44.5 Å². The number of ether oxygens (including phenoxy) is 2. The summed E-state index contributed by atoms with van der Waals surface area (Å²) in [5, 5.41) is 8.02. The average molecular weight is 416 g/mol. The van der Waals surface area contributed by atoms with E-state index in [1.165, 1.54) is 0 Å². The number of aryl methyl sites for hydroxylation is 1. The molecule has 1 N–H and O–H groups in total. The zero-order valence-corrected chi connectivity index (χ0v) is 15.1. The van der Waals surface area contributed by atoms with Crippen molar-refractivity contribution in [1.29, 1.82) is 0 Å². The van der Waals surface area contributed by atoms with Gasteiger partial charge in [-0.1, -0.05) is 26.0 Å². The van der Waals surface area contributed by atoms with Gasteiger partial charge in [0.15, 0.2) is 0 Å². The van der Waals surface area contributed by atoms with E-state index in [1.807, 2.05) is 13.8 Å². The Morgan fingerprint density at radius 3 is 2.11 bits per heavy atom. The van der Waals surface area contributed by atoms with E-state index >= 15 is 0 Å². The Hall–Kier alpha value is -2.46. The fourth-order valence-corrected chi connectivity index (χ4v) is 2.08. The van der Waals surface area contributed by atoms with E-state index in [0.717, 1.165) is 11.1 Å². The fourth-order valence-electron chi connectivity index (χ4n) is 2.08. The molecule has 0 aromatic heterocycles. The smallest absolute Gasteiger partial charge is 0.411 e. The molecule has 0 bridgehead atoms. The first-order valence-corrected chi connectivity index (χ1v) is 7.93. The Kier molecular flexibility index (Phi) is 6.97. The number of aliphatic carboxylic acids is 1. The largest absolute Gasteiger partial charge is 0.490 e. The summed E-state index contributed by atoms with van der Waals surface area (Å²) in [7, 11) is 0. The van der Waals surface area contributed by atoms with E-state index < -0.39 is 42.9 Å². The van der Waals surface area contributed by atoms with Gasteiger partial charge in [-0.15, -0.1) is 0 Å². The lowest BCUT2D eigenvalue weighted by molar-refractivity contribution is -0.299. The molecule has 0 fully saturated rings. The lowest BCUT2D eigenvalue weighted by atomic mass is 10.0. The summed E-state index contributed by atoms with van der Waals surface area (Å²) in [6.07, 6.45) is 0. The maximum atomic E-state index is 13.4. The maximum Gasteiger partial charge on any atom is 0.411 e. The minimum Gasteiger partial charge on any atom is -0.490 e. The molecule has 158 valence electrons. The molecule has 11 heteroatoms. The minimum atomic E-state index is -6.49. The number of alkyl halides is 6. The van der Waals surface area contributed by atoms with Gasteiger partial charge in [-0.2, -0.15) is 26.3 Å². The summed E-state index contributed by atoms with van der Waals surface area (Å²) in [5.74, 6) is -24.9. The number of hydrogen-bond acceptors (Lipinski definition) is 4. The summed E-state index contributed by atoms with van der Waals surface area (Å²) in [6, 6.07) is 5.17. The van der Waals surface area contributed by atoms with E-state index in [1.54, 1.807) is 25.1 Å². The SMILES string of the molecule is Cc1ccc(C(C)C)c(OCCOC(=O)C(F)(F)C(F)(F)C(F)(F)C(=O)O)c1. The van der Waals surface area contributed by atoms with Gasteiger partial charge in [-0.3, -0.25) is 0 Å². The van der Waals surface area contributed by atoms with Crippen LogP contribution in [0.5, 0.6) is 5.75 Å². The molecule has 0 heterocycles. The molecule has 0 unspecified atom stereocenters. The summed E-state index contributed by atoms with van der Waals surface area (Å²) in [5.41, 5.74) is 1.55. The lowest BCUT2D eigenvalue weighted by Crippen LogP contribution is -2.61. The monoisotopic (exact) mass is 416 g/mol. The van der Waals surface area contributed by atoms with E-state index in [9.17, 15) is 35.9 Å². The molecule has 1 aromatic carbocycles. The molecule has 1 rings (SSSR count). The number of carboxylic acids is 1. The van der Waals surface area contributed by atoms with Crippen LogP contribution in [-0.2, 0) is 14.3 Å². The second-order valence-corrected chi connectivity index (χ2v) is 6.21. The number of rotatable bonds is 9. The van der Waals surface area contributed by atoms with Crippen molar-refractivity contribution in [3.05, 3.63) is 29.3 Å². The van der Waals surface area contributed by atoms with Crippen molar-refractivity contribution in [2.24, 2.45) is 0 Å². The molecule has 0 aliphatic heterocycles. The van der Waals surface area contributed by atoms with Gasteiger partial charge < -0.3 is 14.6 Å². The Morgan fingerprint density at radius 1 is 1.04 bits per heavy atom. The number of esters is 1. The zero-order chi connectivity index (χ0) is 21.9. The predicted octanol–water partition coefficient (Wildman–Crippen LogP) is 4.03. The lowest BCUT2D eigenvalue weighted by Gasteiger charge is -2.28. The quantitative estimate of drug-likeness (QED) is 0.374. The van der Waals surface area contributed by atoms with Crippen LogP contribution in [0.4, 0.5) is 26.3 Å². The van der Waals surface area contributed by atoms with Gasteiger partial charge in [0.05, 0.1) is 0 Å². The maximum absolute atomic E-state index is 13.4. The van der Waals surface area contributed by atoms with Gasteiger partial charge in [0.2, 0.25) is 0 Å². The van der Waals surface area contributed by atoms with Gasteiger partial charge in [-0.05, 0) is 30.0 Å². The molecule has 0 aliphatic rings. The van der Waals surface area contributed by atoms with Gasteiger partial charge in [0.25, 0.3) is 0 Å². The number of halogens is 6. The number of carbonyl (C=O) groups is 2. The first kappa shape index (κ1) is 23.6. The molecule has 0 radical (unpaired) electrons. The van der Waals surface area contributed by atoms with Crippen LogP contribution in [0.25, 0.3) is 0 Å². The third-order valence-electron chi connectivity index (χ3n) is 3.68. The molecule has 0 spiro atoms.